The van der Waals surface area contributed by atoms with Gasteiger partial charge in [0.25, 0.3) is 0 Å². The molecule has 0 aliphatic heterocycles. The summed E-state index contributed by atoms with van der Waals surface area (Å²) in [6.07, 6.45) is 5.84. The number of fused-ring (bicyclic) bond motifs is 1. The molecule has 0 aliphatic rings. The lowest BCUT2D eigenvalue weighted by Crippen LogP contribution is -2.19. The summed E-state index contributed by atoms with van der Waals surface area (Å²) in [6, 6.07) is 0.271. The highest BCUT2D eigenvalue weighted by molar-refractivity contribution is 7.15. The van der Waals surface area contributed by atoms with Gasteiger partial charge in [0, 0.05) is 35.9 Å². The summed E-state index contributed by atoms with van der Waals surface area (Å²) < 4.78 is 2.15. The first-order valence-electron chi connectivity index (χ1n) is 5.89. The average molecular weight is 261 g/mol. The highest BCUT2D eigenvalue weighted by Gasteiger charge is 2.11. The Bertz CT molecular complexity index is 637. The number of imidazole rings is 1. The number of rotatable bonds is 4. The van der Waals surface area contributed by atoms with E-state index in [0.29, 0.717) is 0 Å². The fourth-order valence-corrected chi connectivity index (χ4v) is 2.80. The number of aryl methyl sites for hydroxylation is 1. The van der Waals surface area contributed by atoms with Gasteiger partial charge in [-0.1, -0.05) is 0 Å². The zero-order chi connectivity index (χ0) is 12.5. The molecular weight excluding hydrogens is 246 g/mol. The molecule has 0 aromatic carbocycles. The molecule has 5 nitrogen and oxygen atoms in total. The molecule has 6 heteroatoms. The van der Waals surface area contributed by atoms with E-state index < -0.39 is 0 Å². The van der Waals surface area contributed by atoms with Crippen LogP contribution in [-0.4, -0.2) is 19.6 Å². The number of hydrogen-bond acceptors (Lipinski definition) is 4. The molecule has 94 valence electrons. The zero-order valence-electron chi connectivity index (χ0n) is 10.3. The molecule has 1 unspecified atom stereocenters. The van der Waals surface area contributed by atoms with E-state index in [4.69, 9.17) is 0 Å². The average Bonchev–Trinajstić information content (AvgIpc) is 3.02. The van der Waals surface area contributed by atoms with Gasteiger partial charge in [0.05, 0.1) is 17.6 Å². The Balaban J connectivity index is 1.76. The van der Waals surface area contributed by atoms with Crippen molar-refractivity contribution >= 4 is 16.3 Å². The maximum atomic E-state index is 4.54. The van der Waals surface area contributed by atoms with Gasteiger partial charge in [-0.25, -0.2) is 4.98 Å². The standard InChI is InChI=1S/C12H15N5S/c1-8(10-5-14-15-6-10)13-7-11-9(2)16-12-17(11)3-4-18-12/h3-6,8,13H,7H2,1-2H3,(H,14,15). The first-order valence-corrected chi connectivity index (χ1v) is 6.77. The molecule has 0 radical (unpaired) electrons. The first kappa shape index (κ1) is 11.4. The van der Waals surface area contributed by atoms with Crippen molar-refractivity contribution in [1.82, 2.24) is 24.9 Å². The second-order valence-corrected chi connectivity index (χ2v) is 5.21. The minimum atomic E-state index is 0.271. The Kier molecular flexibility index (Phi) is 2.89. The zero-order valence-corrected chi connectivity index (χ0v) is 11.2. The van der Waals surface area contributed by atoms with E-state index in [9.17, 15) is 0 Å². The van der Waals surface area contributed by atoms with Gasteiger partial charge >= 0.3 is 0 Å². The predicted molar refractivity (Wildman–Crippen MR) is 71.6 cm³/mol. The molecule has 3 rings (SSSR count). The topological polar surface area (TPSA) is 58.0 Å². The van der Waals surface area contributed by atoms with E-state index in [1.165, 1.54) is 11.3 Å². The summed E-state index contributed by atoms with van der Waals surface area (Å²) in [7, 11) is 0. The van der Waals surface area contributed by atoms with Gasteiger partial charge < -0.3 is 5.32 Å². The second-order valence-electron chi connectivity index (χ2n) is 4.33. The van der Waals surface area contributed by atoms with E-state index in [0.717, 1.165) is 17.2 Å². The second kappa shape index (κ2) is 4.55. The van der Waals surface area contributed by atoms with Crippen LogP contribution < -0.4 is 5.32 Å². The van der Waals surface area contributed by atoms with Crippen LogP contribution in [0.4, 0.5) is 0 Å². The van der Waals surface area contributed by atoms with Crippen LogP contribution in [0.5, 0.6) is 0 Å². The van der Waals surface area contributed by atoms with Crippen LogP contribution in [0.15, 0.2) is 24.0 Å². The van der Waals surface area contributed by atoms with E-state index >= 15 is 0 Å². The Morgan fingerprint density at radius 2 is 2.44 bits per heavy atom. The molecule has 0 amide bonds. The number of thiazole rings is 1. The Morgan fingerprint density at radius 1 is 1.56 bits per heavy atom. The number of hydrogen-bond donors (Lipinski definition) is 2. The van der Waals surface area contributed by atoms with Crippen LogP contribution >= 0.6 is 11.3 Å². The Hall–Kier alpha value is -1.66. The quantitative estimate of drug-likeness (QED) is 0.757. The largest absolute Gasteiger partial charge is 0.304 e. The van der Waals surface area contributed by atoms with Crippen LogP contribution in [0.25, 0.3) is 4.96 Å². The smallest absolute Gasteiger partial charge is 0.194 e. The van der Waals surface area contributed by atoms with Crippen molar-refractivity contribution in [2.75, 3.05) is 0 Å². The molecule has 0 saturated heterocycles. The molecule has 0 spiro atoms. The van der Waals surface area contributed by atoms with E-state index in [1.54, 1.807) is 11.3 Å². The molecule has 0 bridgehead atoms. The van der Waals surface area contributed by atoms with Crippen LogP contribution in [-0.2, 0) is 6.54 Å². The molecule has 0 aliphatic carbocycles. The maximum Gasteiger partial charge on any atom is 0.194 e. The van der Waals surface area contributed by atoms with Crippen molar-refractivity contribution < 1.29 is 0 Å². The highest BCUT2D eigenvalue weighted by Crippen LogP contribution is 2.18. The minimum Gasteiger partial charge on any atom is -0.304 e. The van der Waals surface area contributed by atoms with Gasteiger partial charge in [-0.15, -0.1) is 11.3 Å². The summed E-state index contributed by atoms with van der Waals surface area (Å²) in [4.78, 5) is 5.59. The minimum absolute atomic E-state index is 0.271. The summed E-state index contributed by atoms with van der Waals surface area (Å²) in [6.45, 7) is 4.99. The summed E-state index contributed by atoms with van der Waals surface area (Å²) >= 11 is 1.66. The summed E-state index contributed by atoms with van der Waals surface area (Å²) in [5.74, 6) is 0. The van der Waals surface area contributed by atoms with Crippen molar-refractivity contribution in [3.05, 3.63) is 40.9 Å². The molecule has 3 aromatic rings. The Morgan fingerprint density at radius 3 is 3.22 bits per heavy atom. The monoisotopic (exact) mass is 261 g/mol. The fourth-order valence-electron chi connectivity index (χ4n) is 2.02. The maximum absolute atomic E-state index is 4.54. The third kappa shape index (κ3) is 1.93. The van der Waals surface area contributed by atoms with E-state index in [2.05, 4.69) is 50.3 Å². The van der Waals surface area contributed by atoms with Crippen LogP contribution in [0.2, 0.25) is 0 Å². The number of aromatic nitrogens is 4. The predicted octanol–water partition coefficient (Wildman–Crippen LogP) is 2.28. The van der Waals surface area contributed by atoms with Gasteiger partial charge in [-0.05, 0) is 13.8 Å². The van der Waals surface area contributed by atoms with Gasteiger partial charge in [-0.3, -0.25) is 9.50 Å². The van der Waals surface area contributed by atoms with Crippen molar-refractivity contribution in [3.63, 3.8) is 0 Å². The molecular formula is C12H15N5S. The molecule has 3 aromatic heterocycles. The van der Waals surface area contributed by atoms with Gasteiger partial charge in [0.2, 0.25) is 0 Å². The summed E-state index contributed by atoms with van der Waals surface area (Å²) in [5.41, 5.74) is 3.48. The number of H-pyrrole nitrogens is 1. The van der Waals surface area contributed by atoms with Crippen LogP contribution in [0.3, 0.4) is 0 Å². The number of nitrogens with zero attached hydrogens (tertiary/aromatic N) is 3. The molecule has 0 fully saturated rings. The third-order valence-electron chi connectivity index (χ3n) is 3.16. The van der Waals surface area contributed by atoms with Crippen molar-refractivity contribution in [2.45, 2.75) is 26.4 Å². The van der Waals surface area contributed by atoms with Gasteiger partial charge in [0.15, 0.2) is 4.96 Å². The molecule has 3 heterocycles. The molecule has 0 saturated carbocycles. The molecule has 18 heavy (non-hydrogen) atoms. The highest BCUT2D eigenvalue weighted by atomic mass is 32.1. The normalized spacial score (nSPS) is 13.2. The number of nitrogens with one attached hydrogen (secondary N) is 2. The van der Waals surface area contributed by atoms with E-state index in [-0.39, 0.29) is 6.04 Å². The molecule has 1 atom stereocenters. The van der Waals surface area contributed by atoms with Crippen molar-refractivity contribution in [3.8, 4) is 0 Å². The lowest BCUT2D eigenvalue weighted by atomic mass is 10.2. The number of aromatic amines is 1. The first-order chi connectivity index (χ1) is 8.75. The fraction of sp³-hybridized carbons (Fsp3) is 0.333. The van der Waals surface area contributed by atoms with Crippen molar-refractivity contribution in [1.29, 1.82) is 0 Å². The van der Waals surface area contributed by atoms with Crippen molar-refractivity contribution in [2.24, 2.45) is 0 Å². The lowest BCUT2D eigenvalue weighted by Gasteiger charge is -2.11. The Labute approximate surface area is 109 Å². The molecule has 2 N–H and O–H groups in total. The third-order valence-corrected chi connectivity index (χ3v) is 3.91. The van der Waals surface area contributed by atoms with Gasteiger partial charge in [0.1, 0.15) is 0 Å². The van der Waals surface area contributed by atoms with Gasteiger partial charge in [-0.2, -0.15) is 5.10 Å². The van der Waals surface area contributed by atoms with Crippen LogP contribution in [0, 0.1) is 6.92 Å². The lowest BCUT2D eigenvalue weighted by molar-refractivity contribution is 0.564. The van der Waals surface area contributed by atoms with Crippen LogP contribution in [0.1, 0.15) is 29.9 Å². The SMILES string of the molecule is Cc1nc2sccn2c1CNC(C)c1cn[nH]c1. The summed E-state index contributed by atoms with van der Waals surface area (Å²) in [5, 5.41) is 12.4. The van der Waals surface area contributed by atoms with E-state index in [1.807, 2.05) is 12.4 Å².